The van der Waals surface area contributed by atoms with E-state index in [1.807, 2.05) is 36.4 Å². The van der Waals surface area contributed by atoms with Gasteiger partial charge in [-0.15, -0.1) is 10.2 Å². The van der Waals surface area contributed by atoms with E-state index in [9.17, 15) is 0 Å². The Bertz CT molecular complexity index is 825. The van der Waals surface area contributed by atoms with Crippen LogP contribution in [0.4, 0.5) is 5.82 Å². The Morgan fingerprint density at radius 2 is 1.80 bits per heavy atom. The predicted molar refractivity (Wildman–Crippen MR) is 95.6 cm³/mol. The highest BCUT2D eigenvalue weighted by molar-refractivity contribution is 5.73. The van der Waals surface area contributed by atoms with Crippen molar-refractivity contribution in [3.63, 3.8) is 0 Å². The lowest BCUT2D eigenvalue weighted by Gasteiger charge is -2.29. The molecule has 1 aliphatic heterocycles. The van der Waals surface area contributed by atoms with Crippen LogP contribution >= 0.6 is 0 Å². The normalized spacial score (nSPS) is 14.5. The quantitative estimate of drug-likeness (QED) is 0.722. The molecule has 6 nitrogen and oxygen atoms in total. The van der Waals surface area contributed by atoms with E-state index >= 15 is 0 Å². The van der Waals surface area contributed by atoms with Crippen LogP contribution in [0.15, 0.2) is 47.1 Å². The number of anilines is 1. The summed E-state index contributed by atoms with van der Waals surface area (Å²) in [5.74, 6) is 2.83. The van der Waals surface area contributed by atoms with E-state index in [0.717, 1.165) is 35.9 Å². The van der Waals surface area contributed by atoms with Crippen molar-refractivity contribution >= 4 is 5.82 Å². The van der Waals surface area contributed by atoms with E-state index in [1.165, 1.54) is 19.3 Å². The van der Waals surface area contributed by atoms with Crippen LogP contribution in [-0.4, -0.2) is 35.4 Å². The lowest BCUT2D eigenvalue weighted by atomic mass is 10.1. The number of rotatable bonds is 4. The average molecular weight is 336 g/mol. The minimum Gasteiger partial charge on any atom is -0.497 e. The van der Waals surface area contributed by atoms with Gasteiger partial charge in [-0.05, 0) is 55.7 Å². The highest BCUT2D eigenvalue weighted by Gasteiger charge is 2.21. The van der Waals surface area contributed by atoms with Crippen molar-refractivity contribution in [2.75, 3.05) is 25.1 Å². The summed E-state index contributed by atoms with van der Waals surface area (Å²) >= 11 is 0. The van der Waals surface area contributed by atoms with Crippen molar-refractivity contribution in [2.24, 2.45) is 0 Å². The summed E-state index contributed by atoms with van der Waals surface area (Å²) < 4.78 is 10.7. The van der Waals surface area contributed by atoms with E-state index in [-0.39, 0.29) is 0 Å². The highest BCUT2D eigenvalue weighted by atomic mass is 16.5. The molecule has 0 bridgehead atoms. The van der Waals surface area contributed by atoms with Crippen LogP contribution in [0.3, 0.4) is 0 Å². The standard InChI is InChI=1S/C19H20N4O2/c1-24-15-9-7-14(8-10-15)17-19(23-11-3-2-4-12-23)20-18(22-21-17)16-6-5-13-25-16/h5-10,13H,2-4,11-12H2,1H3. The van der Waals surface area contributed by atoms with E-state index in [4.69, 9.17) is 14.1 Å². The molecule has 1 fully saturated rings. The monoisotopic (exact) mass is 336 g/mol. The van der Waals surface area contributed by atoms with Crippen molar-refractivity contribution in [2.45, 2.75) is 19.3 Å². The molecule has 25 heavy (non-hydrogen) atoms. The summed E-state index contributed by atoms with van der Waals surface area (Å²) in [6.45, 7) is 1.97. The van der Waals surface area contributed by atoms with Crippen LogP contribution in [0.5, 0.6) is 5.75 Å². The van der Waals surface area contributed by atoms with Crippen molar-refractivity contribution in [1.29, 1.82) is 0 Å². The number of benzene rings is 1. The third kappa shape index (κ3) is 3.20. The molecule has 0 atom stereocenters. The Morgan fingerprint density at radius 3 is 2.48 bits per heavy atom. The Hall–Kier alpha value is -2.89. The number of hydrogen-bond acceptors (Lipinski definition) is 6. The summed E-state index contributed by atoms with van der Waals surface area (Å²) in [7, 11) is 1.66. The molecule has 0 unspecified atom stereocenters. The van der Waals surface area contributed by atoms with Gasteiger partial charge < -0.3 is 14.1 Å². The molecule has 4 rings (SSSR count). The van der Waals surface area contributed by atoms with Gasteiger partial charge in [-0.3, -0.25) is 0 Å². The molecule has 0 amide bonds. The molecule has 6 heteroatoms. The Balaban J connectivity index is 1.78. The third-order valence-corrected chi connectivity index (χ3v) is 4.43. The molecule has 0 radical (unpaired) electrons. The first-order valence-electron chi connectivity index (χ1n) is 8.53. The van der Waals surface area contributed by atoms with Crippen molar-refractivity contribution in [3.8, 4) is 28.6 Å². The number of ether oxygens (including phenoxy) is 1. The number of aromatic nitrogens is 3. The fraction of sp³-hybridized carbons (Fsp3) is 0.316. The molecule has 128 valence electrons. The zero-order valence-corrected chi connectivity index (χ0v) is 14.2. The van der Waals surface area contributed by atoms with Crippen LogP contribution in [0.1, 0.15) is 19.3 Å². The summed E-state index contributed by atoms with van der Waals surface area (Å²) in [6.07, 6.45) is 5.22. The lowest BCUT2D eigenvalue weighted by molar-refractivity contribution is 0.415. The van der Waals surface area contributed by atoms with Gasteiger partial charge in [0, 0.05) is 18.7 Å². The minimum atomic E-state index is 0.517. The summed E-state index contributed by atoms with van der Waals surface area (Å²) in [4.78, 5) is 7.08. The molecule has 3 aromatic rings. The first-order valence-corrected chi connectivity index (χ1v) is 8.53. The fourth-order valence-corrected chi connectivity index (χ4v) is 3.09. The number of methoxy groups -OCH3 is 1. The Kier molecular flexibility index (Phi) is 4.33. The van der Waals surface area contributed by atoms with Gasteiger partial charge in [0.1, 0.15) is 11.4 Å². The molecule has 0 spiro atoms. The topological polar surface area (TPSA) is 64.3 Å². The maximum absolute atomic E-state index is 5.44. The third-order valence-electron chi connectivity index (χ3n) is 4.43. The molecule has 2 aromatic heterocycles. The summed E-state index contributed by atoms with van der Waals surface area (Å²) in [5.41, 5.74) is 1.77. The molecule has 3 heterocycles. The number of hydrogen-bond donors (Lipinski definition) is 0. The predicted octanol–water partition coefficient (Wildman–Crippen LogP) is 3.80. The van der Waals surface area contributed by atoms with Gasteiger partial charge in [0.05, 0.1) is 13.4 Å². The van der Waals surface area contributed by atoms with E-state index in [0.29, 0.717) is 11.6 Å². The van der Waals surface area contributed by atoms with Crippen LogP contribution in [0, 0.1) is 0 Å². The van der Waals surface area contributed by atoms with Gasteiger partial charge >= 0.3 is 0 Å². The van der Waals surface area contributed by atoms with Gasteiger partial charge in [0.15, 0.2) is 11.6 Å². The fourth-order valence-electron chi connectivity index (χ4n) is 3.09. The summed E-state index contributed by atoms with van der Waals surface area (Å²) in [5, 5.41) is 8.76. The molecular weight excluding hydrogens is 316 g/mol. The zero-order valence-electron chi connectivity index (χ0n) is 14.2. The minimum absolute atomic E-state index is 0.517. The van der Waals surface area contributed by atoms with Crippen LogP contribution in [-0.2, 0) is 0 Å². The number of furan rings is 1. The molecule has 1 saturated heterocycles. The van der Waals surface area contributed by atoms with Crippen LogP contribution < -0.4 is 9.64 Å². The molecule has 1 aromatic carbocycles. The van der Waals surface area contributed by atoms with Crippen molar-refractivity contribution < 1.29 is 9.15 Å². The Labute approximate surface area is 146 Å². The molecule has 0 saturated carbocycles. The Morgan fingerprint density at radius 1 is 1.00 bits per heavy atom. The van der Waals surface area contributed by atoms with Crippen molar-refractivity contribution in [1.82, 2.24) is 15.2 Å². The maximum Gasteiger partial charge on any atom is 0.219 e. The summed E-state index contributed by atoms with van der Waals surface area (Å²) in [6, 6.07) is 11.5. The molecule has 0 aliphatic carbocycles. The van der Waals surface area contributed by atoms with Gasteiger partial charge in [-0.1, -0.05) is 0 Å². The van der Waals surface area contributed by atoms with Gasteiger partial charge in [0.25, 0.3) is 0 Å². The van der Waals surface area contributed by atoms with E-state index in [2.05, 4.69) is 15.1 Å². The largest absolute Gasteiger partial charge is 0.497 e. The first-order chi connectivity index (χ1) is 12.3. The number of nitrogens with zero attached hydrogens (tertiary/aromatic N) is 4. The maximum atomic E-state index is 5.44. The van der Waals surface area contributed by atoms with E-state index in [1.54, 1.807) is 13.4 Å². The van der Waals surface area contributed by atoms with E-state index < -0.39 is 0 Å². The van der Waals surface area contributed by atoms with Gasteiger partial charge in [-0.2, -0.15) is 0 Å². The zero-order chi connectivity index (χ0) is 17.1. The molecular formula is C19H20N4O2. The second-order valence-electron chi connectivity index (χ2n) is 6.06. The highest BCUT2D eigenvalue weighted by Crippen LogP contribution is 2.31. The second kappa shape index (κ2) is 6.93. The molecule has 0 N–H and O–H groups in total. The second-order valence-corrected chi connectivity index (χ2v) is 6.06. The van der Waals surface area contributed by atoms with Gasteiger partial charge in [0.2, 0.25) is 5.82 Å². The lowest BCUT2D eigenvalue weighted by Crippen LogP contribution is -2.31. The van der Waals surface area contributed by atoms with Crippen LogP contribution in [0.2, 0.25) is 0 Å². The van der Waals surface area contributed by atoms with Crippen LogP contribution in [0.25, 0.3) is 22.8 Å². The van der Waals surface area contributed by atoms with Gasteiger partial charge in [-0.25, -0.2) is 4.98 Å². The first kappa shape index (κ1) is 15.6. The molecule has 1 aliphatic rings. The SMILES string of the molecule is COc1ccc(-c2nnc(-c3ccco3)nc2N2CCCCC2)cc1. The van der Waals surface area contributed by atoms with Crippen molar-refractivity contribution in [3.05, 3.63) is 42.7 Å². The average Bonchev–Trinajstić information content (AvgIpc) is 3.23. The smallest absolute Gasteiger partial charge is 0.219 e. The number of piperidine rings is 1.